The van der Waals surface area contributed by atoms with Crippen LogP contribution >= 0.6 is 23.4 Å². The highest BCUT2D eigenvalue weighted by Gasteiger charge is 2.05. The first-order valence-corrected chi connectivity index (χ1v) is 7.19. The molecule has 0 amide bonds. The second kappa shape index (κ2) is 6.62. The molecule has 2 rings (SSSR count). The van der Waals surface area contributed by atoms with E-state index in [1.807, 2.05) is 18.2 Å². The van der Waals surface area contributed by atoms with Gasteiger partial charge in [0.25, 0.3) is 0 Å². The first-order valence-electron chi connectivity index (χ1n) is 5.66. The van der Waals surface area contributed by atoms with E-state index in [1.165, 1.54) is 5.56 Å². The Balaban J connectivity index is 1.84. The zero-order valence-electron chi connectivity index (χ0n) is 9.80. The minimum absolute atomic E-state index is 0.146. The van der Waals surface area contributed by atoms with Crippen LogP contribution < -0.4 is 0 Å². The molecule has 1 nitrogen and oxygen atoms in total. The summed E-state index contributed by atoms with van der Waals surface area (Å²) in [4.78, 5) is 11.9. The van der Waals surface area contributed by atoms with Crippen molar-refractivity contribution in [3.63, 3.8) is 0 Å². The van der Waals surface area contributed by atoms with Crippen molar-refractivity contribution < 1.29 is 4.79 Å². The largest absolute Gasteiger partial charge is 0.293 e. The van der Waals surface area contributed by atoms with E-state index in [-0.39, 0.29) is 5.78 Å². The molecule has 0 aliphatic rings. The second-order valence-electron chi connectivity index (χ2n) is 3.91. The van der Waals surface area contributed by atoms with E-state index in [9.17, 15) is 4.79 Å². The van der Waals surface area contributed by atoms with Gasteiger partial charge < -0.3 is 0 Å². The van der Waals surface area contributed by atoms with Crippen LogP contribution in [0.4, 0.5) is 0 Å². The molecule has 0 aromatic heterocycles. The lowest BCUT2D eigenvalue weighted by molar-refractivity contribution is 0.102. The van der Waals surface area contributed by atoms with Crippen molar-refractivity contribution >= 4 is 29.1 Å². The first kappa shape index (κ1) is 13.2. The van der Waals surface area contributed by atoms with Crippen LogP contribution in [0.5, 0.6) is 0 Å². The molecule has 0 unspecified atom stereocenters. The maximum atomic E-state index is 11.9. The Morgan fingerprint density at radius 3 is 2.33 bits per heavy atom. The molecule has 0 spiro atoms. The van der Waals surface area contributed by atoms with Crippen LogP contribution in [0, 0.1) is 0 Å². The van der Waals surface area contributed by atoms with Crippen molar-refractivity contribution in [2.24, 2.45) is 0 Å². The highest BCUT2D eigenvalue weighted by molar-refractivity contribution is 7.99. The van der Waals surface area contributed by atoms with E-state index >= 15 is 0 Å². The molecule has 92 valence electrons. The van der Waals surface area contributed by atoms with Crippen molar-refractivity contribution in [2.75, 3.05) is 5.75 Å². The number of carbonyl (C=O) groups excluding carboxylic acids is 1. The lowest BCUT2D eigenvalue weighted by Gasteiger charge is -2.02. The fourth-order valence-corrected chi connectivity index (χ4v) is 2.56. The molecule has 0 atom stereocenters. The van der Waals surface area contributed by atoms with Gasteiger partial charge in [0.2, 0.25) is 0 Å². The molecule has 0 saturated heterocycles. The number of thioether (sulfide) groups is 1. The van der Waals surface area contributed by atoms with Crippen LogP contribution in [0.25, 0.3) is 0 Å². The summed E-state index contributed by atoms with van der Waals surface area (Å²) in [5.74, 6) is 1.50. The summed E-state index contributed by atoms with van der Waals surface area (Å²) in [6.45, 7) is 0. The van der Waals surface area contributed by atoms with E-state index in [0.29, 0.717) is 10.8 Å². The Bertz CT molecular complexity index is 508. The lowest BCUT2D eigenvalue weighted by atomic mass is 10.1. The molecule has 2 aromatic rings. The summed E-state index contributed by atoms with van der Waals surface area (Å²) in [7, 11) is 0. The van der Waals surface area contributed by atoms with Crippen molar-refractivity contribution in [2.45, 2.75) is 5.75 Å². The van der Waals surface area contributed by atoms with Crippen molar-refractivity contribution in [1.82, 2.24) is 0 Å². The Labute approximate surface area is 116 Å². The predicted molar refractivity (Wildman–Crippen MR) is 78.4 cm³/mol. The highest BCUT2D eigenvalue weighted by atomic mass is 35.5. The molecule has 0 bridgehead atoms. The van der Waals surface area contributed by atoms with E-state index in [1.54, 1.807) is 36.0 Å². The van der Waals surface area contributed by atoms with Crippen LogP contribution in [0.1, 0.15) is 15.9 Å². The predicted octanol–water partition coefficient (Wildman–Crippen LogP) is 4.46. The summed E-state index contributed by atoms with van der Waals surface area (Å²) < 4.78 is 0. The van der Waals surface area contributed by atoms with Crippen LogP contribution in [-0.2, 0) is 5.75 Å². The molecule has 0 N–H and O–H groups in total. The quantitative estimate of drug-likeness (QED) is 0.750. The van der Waals surface area contributed by atoms with Crippen molar-refractivity contribution in [3.05, 3.63) is 70.7 Å². The monoisotopic (exact) mass is 276 g/mol. The van der Waals surface area contributed by atoms with Gasteiger partial charge in [-0.15, -0.1) is 11.8 Å². The average Bonchev–Trinajstić information content (AvgIpc) is 2.40. The van der Waals surface area contributed by atoms with Gasteiger partial charge in [0.1, 0.15) is 0 Å². The average molecular weight is 277 g/mol. The Kier molecular flexibility index (Phi) is 4.85. The lowest BCUT2D eigenvalue weighted by Crippen LogP contribution is -2.02. The van der Waals surface area contributed by atoms with Gasteiger partial charge in [0.15, 0.2) is 5.78 Å². The molecule has 0 fully saturated rings. The van der Waals surface area contributed by atoms with Gasteiger partial charge in [-0.3, -0.25) is 4.79 Å². The second-order valence-corrected chi connectivity index (χ2v) is 5.33. The molecule has 0 aliphatic heterocycles. The maximum absolute atomic E-state index is 11.9. The summed E-state index contributed by atoms with van der Waals surface area (Å²) in [6, 6.07) is 17.2. The Morgan fingerprint density at radius 1 is 1.00 bits per heavy atom. The molecule has 2 aromatic carbocycles. The number of carbonyl (C=O) groups is 1. The first-order chi connectivity index (χ1) is 8.75. The maximum Gasteiger partial charge on any atom is 0.172 e. The smallest absolute Gasteiger partial charge is 0.172 e. The SMILES string of the molecule is O=C(CSCc1ccccc1)c1ccc(Cl)cc1. The van der Waals surface area contributed by atoms with Gasteiger partial charge in [-0.2, -0.15) is 0 Å². The highest BCUT2D eigenvalue weighted by Crippen LogP contribution is 2.15. The van der Waals surface area contributed by atoms with Gasteiger partial charge in [0.05, 0.1) is 5.75 Å². The van der Waals surface area contributed by atoms with Crippen molar-refractivity contribution in [1.29, 1.82) is 0 Å². The molecule has 3 heteroatoms. The number of ketones is 1. The van der Waals surface area contributed by atoms with Crippen LogP contribution in [0.15, 0.2) is 54.6 Å². The molecule has 0 heterocycles. The zero-order valence-corrected chi connectivity index (χ0v) is 11.4. The van der Waals surface area contributed by atoms with Crippen LogP contribution in [0.2, 0.25) is 5.02 Å². The third kappa shape index (κ3) is 3.90. The summed E-state index contributed by atoms with van der Waals surface area (Å²) in [6.07, 6.45) is 0. The van der Waals surface area contributed by atoms with E-state index in [2.05, 4.69) is 12.1 Å². The van der Waals surface area contributed by atoms with Crippen LogP contribution in [0.3, 0.4) is 0 Å². The zero-order chi connectivity index (χ0) is 12.8. The third-order valence-corrected chi connectivity index (χ3v) is 3.77. The van der Waals surface area contributed by atoms with Gasteiger partial charge in [-0.25, -0.2) is 0 Å². The van der Waals surface area contributed by atoms with Gasteiger partial charge in [0, 0.05) is 16.3 Å². The minimum Gasteiger partial charge on any atom is -0.293 e. The molecular formula is C15H13ClOS. The normalized spacial score (nSPS) is 10.3. The number of Topliss-reactive ketones (excluding diaryl/α,β-unsaturated/α-hetero) is 1. The number of halogens is 1. The van der Waals surface area contributed by atoms with Gasteiger partial charge in [-0.05, 0) is 29.8 Å². The van der Waals surface area contributed by atoms with E-state index in [0.717, 1.165) is 11.3 Å². The number of hydrogen-bond acceptors (Lipinski definition) is 2. The molecule has 0 radical (unpaired) electrons. The number of benzene rings is 2. The number of hydrogen-bond donors (Lipinski definition) is 0. The summed E-state index contributed by atoms with van der Waals surface area (Å²) in [5, 5.41) is 0.656. The molecule has 0 aliphatic carbocycles. The third-order valence-electron chi connectivity index (χ3n) is 2.51. The fraction of sp³-hybridized carbons (Fsp3) is 0.133. The van der Waals surface area contributed by atoms with Crippen molar-refractivity contribution in [3.8, 4) is 0 Å². The van der Waals surface area contributed by atoms with E-state index < -0.39 is 0 Å². The van der Waals surface area contributed by atoms with Gasteiger partial charge >= 0.3 is 0 Å². The number of rotatable bonds is 5. The molecule has 0 saturated carbocycles. The summed E-state index contributed by atoms with van der Waals surface area (Å²) >= 11 is 7.42. The summed E-state index contributed by atoms with van der Waals surface area (Å²) in [5.41, 5.74) is 1.96. The molecule has 18 heavy (non-hydrogen) atoms. The van der Waals surface area contributed by atoms with Crippen LogP contribution in [-0.4, -0.2) is 11.5 Å². The van der Waals surface area contributed by atoms with Gasteiger partial charge in [-0.1, -0.05) is 41.9 Å². The minimum atomic E-state index is 0.146. The topological polar surface area (TPSA) is 17.1 Å². The van der Waals surface area contributed by atoms with E-state index in [4.69, 9.17) is 11.6 Å². The fourth-order valence-electron chi connectivity index (χ4n) is 1.55. The Hall–Kier alpha value is -1.25. The molecular weight excluding hydrogens is 264 g/mol. The standard InChI is InChI=1S/C15H13ClOS/c16-14-8-6-13(7-9-14)15(17)11-18-10-12-4-2-1-3-5-12/h1-9H,10-11H2. The Morgan fingerprint density at radius 2 is 1.67 bits per heavy atom.